The van der Waals surface area contributed by atoms with Crippen LogP contribution in [-0.4, -0.2) is 32.7 Å². The van der Waals surface area contributed by atoms with E-state index in [1.54, 1.807) is 24.3 Å². The van der Waals surface area contributed by atoms with Crippen LogP contribution in [-0.2, 0) is 21.2 Å². The summed E-state index contributed by atoms with van der Waals surface area (Å²) in [5, 5.41) is 2.93. The Balaban J connectivity index is 2.10. The van der Waals surface area contributed by atoms with Gasteiger partial charge in [0.15, 0.2) is 0 Å². The number of rotatable bonds is 7. The molecule has 0 spiro atoms. The number of halogens is 1. The highest BCUT2D eigenvalue weighted by atomic mass is 79.9. The summed E-state index contributed by atoms with van der Waals surface area (Å²) in [7, 11) is -3.58. The Morgan fingerprint density at radius 2 is 1.65 bits per heavy atom. The van der Waals surface area contributed by atoms with E-state index in [0.29, 0.717) is 12.1 Å². The molecule has 5 nitrogen and oxygen atoms in total. The summed E-state index contributed by atoms with van der Waals surface area (Å²) in [6.07, 6.45) is 1.74. The molecule has 0 saturated carbocycles. The third kappa shape index (κ3) is 6.14. The molecule has 0 aliphatic carbocycles. The molecule has 0 heterocycles. The van der Waals surface area contributed by atoms with Crippen LogP contribution >= 0.6 is 15.9 Å². The van der Waals surface area contributed by atoms with Gasteiger partial charge in [-0.15, -0.1) is 0 Å². The fraction of sp³-hybridized carbons (Fsp3) is 0.316. The van der Waals surface area contributed by atoms with Crippen LogP contribution in [0.3, 0.4) is 0 Å². The zero-order valence-corrected chi connectivity index (χ0v) is 17.5. The van der Waals surface area contributed by atoms with Crippen molar-refractivity contribution in [3.63, 3.8) is 0 Å². The molecule has 0 aliphatic heterocycles. The predicted molar refractivity (Wildman–Crippen MR) is 109 cm³/mol. The van der Waals surface area contributed by atoms with E-state index in [9.17, 15) is 13.2 Å². The minimum absolute atomic E-state index is 0.265. The normalized spacial score (nSPS) is 11.8. The number of nitrogens with zero attached hydrogens (tertiary/aromatic N) is 1. The first-order chi connectivity index (χ1) is 12.1. The molecule has 0 aromatic heterocycles. The number of nitrogens with one attached hydrogen (secondary N) is 1. The second kappa shape index (κ2) is 8.22. The summed E-state index contributed by atoms with van der Waals surface area (Å²) in [6.45, 7) is 3.57. The SMILES string of the molecule is CC(C)(Cc1ccccc1)NC(=O)CN(c1ccc(Br)cc1)S(C)(=O)=O. The lowest BCUT2D eigenvalue weighted by Gasteiger charge is -2.29. The van der Waals surface area contributed by atoms with E-state index >= 15 is 0 Å². The van der Waals surface area contributed by atoms with Crippen molar-refractivity contribution in [3.8, 4) is 0 Å². The first kappa shape index (κ1) is 20.5. The van der Waals surface area contributed by atoms with Gasteiger partial charge in [0.05, 0.1) is 11.9 Å². The minimum atomic E-state index is -3.58. The van der Waals surface area contributed by atoms with E-state index in [1.165, 1.54) is 0 Å². The van der Waals surface area contributed by atoms with E-state index in [-0.39, 0.29) is 12.5 Å². The van der Waals surface area contributed by atoms with E-state index < -0.39 is 15.6 Å². The van der Waals surface area contributed by atoms with Crippen molar-refractivity contribution >= 4 is 37.5 Å². The third-order valence-electron chi connectivity index (χ3n) is 3.77. The van der Waals surface area contributed by atoms with Crippen LogP contribution in [0.2, 0.25) is 0 Å². The predicted octanol–water partition coefficient (Wildman–Crippen LogP) is 3.35. The highest BCUT2D eigenvalue weighted by Crippen LogP contribution is 2.21. The standard InChI is InChI=1S/C19H23BrN2O3S/c1-19(2,13-15-7-5-4-6-8-15)21-18(23)14-22(26(3,24)25)17-11-9-16(20)10-12-17/h4-12H,13-14H2,1-3H3,(H,21,23). The van der Waals surface area contributed by atoms with Gasteiger partial charge in [0.1, 0.15) is 6.54 Å². The van der Waals surface area contributed by atoms with Gasteiger partial charge < -0.3 is 5.32 Å². The number of anilines is 1. The van der Waals surface area contributed by atoms with Crippen molar-refractivity contribution in [2.24, 2.45) is 0 Å². The molecule has 0 saturated heterocycles. The largest absolute Gasteiger partial charge is 0.349 e. The van der Waals surface area contributed by atoms with Crippen molar-refractivity contribution in [1.82, 2.24) is 5.32 Å². The lowest BCUT2D eigenvalue weighted by Crippen LogP contribution is -2.50. The monoisotopic (exact) mass is 438 g/mol. The minimum Gasteiger partial charge on any atom is -0.349 e. The topological polar surface area (TPSA) is 66.5 Å². The van der Waals surface area contributed by atoms with Gasteiger partial charge in [-0.3, -0.25) is 9.10 Å². The summed E-state index contributed by atoms with van der Waals surface area (Å²) in [4.78, 5) is 12.5. The molecule has 2 aromatic rings. The Bertz CT molecular complexity index is 850. The van der Waals surface area contributed by atoms with Gasteiger partial charge in [0, 0.05) is 10.0 Å². The molecule has 7 heteroatoms. The maximum atomic E-state index is 12.5. The molecule has 1 N–H and O–H groups in total. The molecular weight excluding hydrogens is 416 g/mol. The van der Waals surface area contributed by atoms with E-state index in [4.69, 9.17) is 0 Å². The van der Waals surface area contributed by atoms with Crippen molar-refractivity contribution < 1.29 is 13.2 Å². The maximum Gasteiger partial charge on any atom is 0.241 e. The third-order valence-corrected chi connectivity index (χ3v) is 5.44. The molecule has 26 heavy (non-hydrogen) atoms. The Kier molecular flexibility index (Phi) is 6.47. The average Bonchev–Trinajstić information content (AvgIpc) is 2.52. The van der Waals surface area contributed by atoms with Crippen LogP contribution in [0.1, 0.15) is 19.4 Å². The van der Waals surface area contributed by atoms with Gasteiger partial charge in [-0.2, -0.15) is 0 Å². The van der Waals surface area contributed by atoms with Crippen molar-refractivity contribution in [2.75, 3.05) is 17.1 Å². The maximum absolute atomic E-state index is 12.5. The van der Waals surface area contributed by atoms with Gasteiger partial charge >= 0.3 is 0 Å². The van der Waals surface area contributed by atoms with Gasteiger partial charge in [0.25, 0.3) is 0 Å². The fourth-order valence-corrected chi connectivity index (χ4v) is 3.83. The first-order valence-electron chi connectivity index (χ1n) is 8.15. The number of amides is 1. The number of benzene rings is 2. The fourth-order valence-electron chi connectivity index (χ4n) is 2.71. The summed E-state index contributed by atoms with van der Waals surface area (Å²) >= 11 is 3.32. The molecule has 2 aromatic carbocycles. The molecule has 0 aliphatic rings. The van der Waals surface area contributed by atoms with Gasteiger partial charge in [-0.1, -0.05) is 46.3 Å². The van der Waals surface area contributed by atoms with Crippen LogP contribution in [0, 0.1) is 0 Å². The number of carbonyl (C=O) groups is 1. The summed E-state index contributed by atoms with van der Waals surface area (Å²) in [5.41, 5.74) is 1.05. The molecule has 0 unspecified atom stereocenters. The Morgan fingerprint density at radius 3 is 2.19 bits per heavy atom. The van der Waals surface area contributed by atoms with Crippen molar-refractivity contribution in [1.29, 1.82) is 0 Å². The summed E-state index contributed by atoms with van der Waals surface area (Å²) in [5.74, 6) is -0.348. The highest BCUT2D eigenvalue weighted by Gasteiger charge is 2.25. The number of sulfonamides is 1. The second-order valence-electron chi connectivity index (χ2n) is 6.84. The first-order valence-corrected chi connectivity index (χ1v) is 10.8. The van der Waals surface area contributed by atoms with Crippen LogP contribution in [0.5, 0.6) is 0 Å². The summed E-state index contributed by atoms with van der Waals surface area (Å²) < 4.78 is 26.2. The quantitative estimate of drug-likeness (QED) is 0.720. The van der Waals surface area contributed by atoms with Gasteiger partial charge in [0.2, 0.25) is 15.9 Å². The molecule has 0 bridgehead atoms. The lowest BCUT2D eigenvalue weighted by atomic mass is 9.95. The van der Waals surface area contributed by atoms with E-state index in [2.05, 4.69) is 21.2 Å². The van der Waals surface area contributed by atoms with Crippen LogP contribution in [0.25, 0.3) is 0 Å². The number of hydrogen-bond acceptors (Lipinski definition) is 3. The number of hydrogen-bond donors (Lipinski definition) is 1. The summed E-state index contributed by atoms with van der Waals surface area (Å²) in [6, 6.07) is 16.6. The van der Waals surface area contributed by atoms with Crippen molar-refractivity contribution in [2.45, 2.75) is 25.8 Å². The smallest absolute Gasteiger partial charge is 0.241 e. The van der Waals surface area contributed by atoms with E-state index in [1.807, 2.05) is 44.2 Å². The van der Waals surface area contributed by atoms with Gasteiger partial charge in [-0.25, -0.2) is 8.42 Å². The van der Waals surface area contributed by atoms with Crippen molar-refractivity contribution in [3.05, 3.63) is 64.6 Å². The number of carbonyl (C=O) groups excluding carboxylic acids is 1. The molecule has 0 atom stereocenters. The Labute approximate surface area is 163 Å². The molecule has 140 valence electrons. The van der Waals surface area contributed by atoms with Crippen LogP contribution in [0.4, 0.5) is 5.69 Å². The van der Waals surface area contributed by atoms with Crippen LogP contribution in [0.15, 0.2) is 59.1 Å². The van der Waals surface area contributed by atoms with Gasteiger partial charge in [-0.05, 0) is 50.1 Å². The molecule has 2 rings (SSSR count). The second-order valence-corrected chi connectivity index (χ2v) is 9.66. The molecule has 1 amide bonds. The zero-order valence-electron chi connectivity index (χ0n) is 15.1. The zero-order chi connectivity index (χ0) is 19.4. The highest BCUT2D eigenvalue weighted by molar-refractivity contribution is 9.10. The Hall–Kier alpha value is -1.86. The lowest BCUT2D eigenvalue weighted by molar-refractivity contribution is -0.121. The van der Waals surface area contributed by atoms with E-state index in [0.717, 1.165) is 20.6 Å². The molecular formula is C19H23BrN2O3S. The molecule has 0 radical (unpaired) electrons. The Morgan fingerprint density at radius 1 is 1.08 bits per heavy atom. The average molecular weight is 439 g/mol. The van der Waals surface area contributed by atoms with Crippen LogP contribution < -0.4 is 9.62 Å². The molecule has 0 fully saturated rings.